The Morgan fingerprint density at radius 2 is 1.16 bits per heavy atom. The molecule has 0 unspecified atom stereocenters. The molecule has 0 spiro atoms. The van der Waals surface area contributed by atoms with Crippen molar-refractivity contribution in [3.63, 3.8) is 0 Å². The minimum atomic E-state index is -0.747. The monoisotopic (exact) mass is 420 g/mol. The summed E-state index contributed by atoms with van der Waals surface area (Å²) in [5.41, 5.74) is 1.56. The minimum Gasteiger partial charge on any atom is -0.493 e. The summed E-state index contributed by atoms with van der Waals surface area (Å²) in [7, 11) is 0. The summed E-state index contributed by atoms with van der Waals surface area (Å²) < 4.78 is 4.99. The maximum Gasteiger partial charge on any atom is 0.290 e. The van der Waals surface area contributed by atoms with Gasteiger partial charge in [0.15, 0.2) is 11.4 Å². The molecule has 156 valence electrons. The number of fused-ring (bicyclic) bond motifs is 2. The molecule has 0 saturated heterocycles. The molecule has 0 aliphatic carbocycles. The molecule has 0 aliphatic rings. The summed E-state index contributed by atoms with van der Waals surface area (Å²) in [6.45, 7) is -1.02. The van der Waals surface area contributed by atoms with Crippen molar-refractivity contribution in [2.45, 2.75) is 0 Å². The van der Waals surface area contributed by atoms with E-state index in [4.69, 9.17) is 4.74 Å². The third-order valence-corrected chi connectivity index (χ3v) is 4.29. The molecule has 2 aromatic heterocycles. The van der Waals surface area contributed by atoms with Gasteiger partial charge in [-0.15, -0.1) is 20.5 Å². The van der Waals surface area contributed by atoms with E-state index in [0.717, 1.165) is 0 Å². The Kier molecular flexibility index (Phi) is 5.49. The van der Waals surface area contributed by atoms with Gasteiger partial charge in [-0.25, -0.2) is 0 Å². The number of aromatic hydroxyl groups is 2. The van der Waals surface area contributed by atoms with Crippen molar-refractivity contribution in [2.24, 2.45) is 20.5 Å². The van der Waals surface area contributed by atoms with Gasteiger partial charge in [0.05, 0.1) is 11.0 Å². The largest absolute Gasteiger partial charge is 0.493 e. The summed E-state index contributed by atoms with van der Waals surface area (Å²) >= 11 is 0. The van der Waals surface area contributed by atoms with Crippen LogP contribution in [0.2, 0.25) is 0 Å². The lowest BCUT2D eigenvalue weighted by Gasteiger charge is -1.97. The van der Waals surface area contributed by atoms with E-state index in [9.17, 15) is 19.8 Å². The molecule has 11 nitrogen and oxygen atoms in total. The van der Waals surface area contributed by atoms with Crippen LogP contribution in [0.1, 0.15) is 0 Å². The number of carbonyl (C=O) groups is 2. The van der Waals surface area contributed by atoms with Crippen LogP contribution in [0.4, 0.5) is 11.4 Å². The molecule has 2 amide bonds. The van der Waals surface area contributed by atoms with Crippen molar-refractivity contribution in [2.75, 3.05) is 13.2 Å². The Labute approximate surface area is 174 Å². The highest BCUT2D eigenvalue weighted by Gasteiger charge is 2.12. The molecule has 0 bridgehead atoms. The standard InChI is InChI=1S/C20H16N6O5/c27-15(23-25-17-11-5-1-3-7-13(11)21-19(17)29)9-31-10-16(28)24-26-18-12-6-2-4-8-14(12)22-20(18)30/h1-8,21-22,29-30H,9-10H2. The zero-order chi connectivity index (χ0) is 21.8. The number of ether oxygens (including phenoxy) is 1. The van der Waals surface area contributed by atoms with E-state index in [1.165, 1.54) is 0 Å². The van der Waals surface area contributed by atoms with Crippen LogP contribution in [-0.4, -0.2) is 45.2 Å². The molecule has 0 radical (unpaired) electrons. The number of hydrogen-bond donors (Lipinski definition) is 4. The number of nitrogens with one attached hydrogen (secondary N) is 2. The van der Waals surface area contributed by atoms with Crippen LogP contribution in [0.3, 0.4) is 0 Å². The van der Waals surface area contributed by atoms with E-state index in [1.807, 2.05) is 0 Å². The number of aromatic amines is 2. The molecule has 0 aliphatic heterocycles. The summed E-state index contributed by atoms with van der Waals surface area (Å²) in [5.74, 6) is -1.92. The molecule has 0 atom stereocenters. The van der Waals surface area contributed by atoms with Gasteiger partial charge in [0, 0.05) is 10.8 Å². The number of H-pyrrole nitrogens is 2. The van der Waals surface area contributed by atoms with Crippen LogP contribution < -0.4 is 0 Å². The Morgan fingerprint density at radius 1 is 0.742 bits per heavy atom. The van der Waals surface area contributed by atoms with E-state index in [-0.39, 0.29) is 23.1 Å². The average Bonchev–Trinajstić information content (AvgIpc) is 3.25. The number of rotatable bonds is 6. The average molecular weight is 420 g/mol. The number of aromatic nitrogens is 2. The van der Waals surface area contributed by atoms with Gasteiger partial charge in [-0.1, -0.05) is 36.4 Å². The second-order valence-electron chi connectivity index (χ2n) is 6.42. The highest BCUT2D eigenvalue weighted by molar-refractivity contribution is 5.95. The quantitative estimate of drug-likeness (QED) is 0.346. The first-order valence-electron chi connectivity index (χ1n) is 9.09. The van der Waals surface area contributed by atoms with Crippen LogP contribution in [0, 0.1) is 0 Å². The van der Waals surface area contributed by atoms with E-state index in [0.29, 0.717) is 21.8 Å². The fraction of sp³-hybridized carbons (Fsp3) is 0.100. The number of benzene rings is 2. The van der Waals surface area contributed by atoms with Crippen LogP contribution in [0.25, 0.3) is 21.8 Å². The van der Waals surface area contributed by atoms with Gasteiger partial charge < -0.3 is 24.9 Å². The van der Waals surface area contributed by atoms with Gasteiger partial charge in [0.25, 0.3) is 11.8 Å². The van der Waals surface area contributed by atoms with Gasteiger partial charge in [0.2, 0.25) is 11.8 Å². The molecule has 4 rings (SSSR count). The van der Waals surface area contributed by atoms with Crippen LogP contribution in [0.15, 0.2) is 69.0 Å². The Balaban J connectivity index is 1.31. The van der Waals surface area contributed by atoms with Crippen molar-refractivity contribution in [1.82, 2.24) is 9.97 Å². The summed E-state index contributed by atoms with van der Waals surface area (Å²) in [6.07, 6.45) is 0. The Bertz CT molecular complexity index is 1230. The van der Waals surface area contributed by atoms with E-state index in [1.54, 1.807) is 48.5 Å². The van der Waals surface area contributed by atoms with Crippen molar-refractivity contribution >= 4 is 45.0 Å². The second-order valence-corrected chi connectivity index (χ2v) is 6.42. The first-order valence-corrected chi connectivity index (χ1v) is 9.09. The minimum absolute atomic E-state index is 0.132. The number of azo groups is 2. The molecule has 11 heteroatoms. The van der Waals surface area contributed by atoms with Crippen molar-refractivity contribution < 1.29 is 24.5 Å². The lowest BCUT2D eigenvalue weighted by molar-refractivity contribution is -0.127. The zero-order valence-corrected chi connectivity index (χ0v) is 15.9. The summed E-state index contributed by atoms with van der Waals surface area (Å²) in [5, 5.41) is 35.5. The number of amides is 2. The van der Waals surface area contributed by atoms with E-state index < -0.39 is 25.0 Å². The number of carbonyl (C=O) groups excluding carboxylic acids is 2. The molecular formula is C20H16N6O5. The lowest BCUT2D eigenvalue weighted by atomic mass is 10.2. The highest BCUT2D eigenvalue weighted by Crippen LogP contribution is 2.36. The van der Waals surface area contributed by atoms with E-state index in [2.05, 4.69) is 30.4 Å². The van der Waals surface area contributed by atoms with Gasteiger partial charge in [-0.3, -0.25) is 9.59 Å². The van der Waals surface area contributed by atoms with Crippen LogP contribution in [-0.2, 0) is 14.3 Å². The van der Waals surface area contributed by atoms with Gasteiger partial charge >= 0.3 is 0 Å². The molecule has 0 fully saturated rings. The topological polar surface area (TPSA) is 165 Å². The third kappa shape index (κ3) is 4.31. The highest BCUT2D eigenvalue weighted by atomic mass is 16.5. The molecule has 2 heterocycles. The molecule has 0 saturated carbocycles. The molecule has 31 heavy (non-hydrogen) atoms. The number of para-hydroxylation sites is 2. The maximum absolute atomic E-state index is 11.8. The van der Waals surface area contributed by atoms with Crippen molar-refractivity contribution in [1.29, 1.82) is 0 Å². The number of nitrogens with zero attached hydrogens (tertiary/aromatic N) is 4. The first-order chi connectivity index (χ1) is 15.0. The number of hydrogen-bond acceptors (Lipinski definition) is 7. The third-order valence-electron chi connectivity index (χ3n) is 4.29. The summed E-state index contributed by atoms with van der Waals surface area (Å²) in [4.78, 5) is 29.1. The maximum atomic E-state index is 11.8. The summed E-state index contributed by atoms with van der Waals surface area (Å²) in [6, 6.07) is 14.0. The zero-order valence-electron chi connectivity index (χ0n) is 15.9. The van der Waals surface area contributed by atoms with Crippen LogP contribution >= 0.6 is 0 Å². The van der Waals surface area contributed by atoms with Gasteiger partial charge in [-0.05, 0) is 12.1 Å². The predicted molar refractivity (Wildman–Crippen MR) is 110 cm³/mol. The fourth-order valence-electron chi connectivity index (χ4n) is 2.92. The smallest absolute Gasteiger partial charge is 0.290 e. The molecule has 2 aromatic carbocycles. The van der Waals surface area contributed by atoms with Crippen LogP contribution in [0.5, 0.6) is 11.8 Å². The first kappa shape index (κ1) is 19.9. The normalized spacial score (nSPS) is 11.9. The Morgan fingerprint density at radius 3 is 1.61 bits per heavy atom. The van der Waals surface area contributed by atoms with Crippen molar-refractivity contribution in [3.8, 4) is 11.8 Å². The second kappa shape index (κ2) is 8.55. The van der Waals surface area contributed by atoms with E-state index >= 15 is 0 Å². The molecule has 4 N–H and O–H groups in total. The van der Waals surface area contributed by atoms with Crippen molar-refractivity contribution in [3.05, 3.63) is 48.5 Å². The molecule has 4 aromatic rings. The molecular weight excluding hydrogens is 404 g/mol. The van der Waals surface area contributed by atoms with Gasteiger partial charge in [-0.2, -0.15) is 0 Å². The van der Waals surface area contributed by atoms with Gasteiger partial charge in [0.1, 0.15) is 13.2 Å². The Hall–Kier alpha value is -4.38. The predicted octanol–water partition coefficient (Wildman–Crippen LogP) is 4.00. The fourth-order valence-corrected chi connectivity index (χ4v) is 2.92. The SMILES string of the molecule is O=C(COCC(=O)N=Nc1c(O)[nH]c2ccccc12)N=Nc1c(O)[nH]c2ccccc12. The lowest BCUT2D eigenvalue weighted by Crippen LogP contribution is -2.11.